The number of hydrogen-bond acceptors (Lipinski definition) is 4. The molecule has 4 aromatic carbocycles. The van der Waals surface area contributed by atoms with Crippen LogP contribution in [-0.4, -0.2) is 23.0 Å². The molecule has 0 aliphatic rings. The van der Waals surface area contributed by atoms with Crippen molar-refractivity contribution in [1.82, 2.24) is 15.0 Å². The Labute approximate surface area is 280 Å². The fraction of sp³-hybridized carbons (Fsp3) is 0.154. The molecule has 3 aromatic heterocycles. The minimum absolute atomic E-state index is 0. The number of fused-ring (bicyclic) bond motifs is 3. The van der Waals surface area contributed by atoms with Gasteiger partial charge in [0.2, 0.25) is 0 Å². The Balaban J connectivity index is 0.000000258. The Morgan fingerprint density at radius 1 is 0.711 bits per heavy atom. The van der Waals surface area contributed by atoms with E-state index in [1.165, 1.54) is 5.19 Å². The van der Waals surface area contributed by atoms with Gasteiger partial charge in [0.1, 0.15) is 5.58 Å². The average Bonchev–Trinajstić information content (AvgIpc) is 3.45. The van der Waals surface area contributed by atoms with Gasteiger partial charge in [-0.3, -0.25) is 9.97 Å². The number of benzene rings is 4. The van der Waals surface area contributed by atoms with Crippen molar-refractivity contribution >= 4 is 35.2 Å². The molecule has 0 saturated carbocycles. The van der Waals surface area contributed by atoms with Crippen LogP contribution in [-0.2, 0) is 20.1 Å². The summed E-state index contributed by atoms with van der Waals surface area (Å²) in [5.74, 6) is 1.01. The third-order valence-electron chi connectivity index (χ3n) is 7.59. The quantitative estimate of drug-likeness (QED) is 0.129. The van der Waals surface area contributed by atoms with E-state index in [4.69, 9.17) is 14.4 Å². The molecule has 227 valence electrons. The second kappa shape index (κ2) is 13.8. The number of pyridine rings is 1. The summed E-state index contributed by atoms with van der Waals surface area (Å²) in [6, 6.07) is 40.9. The zero-order valence-electron chi connectivity index (χ0n) is 26.1. The van der Waals surface area contributed by atoms with Gasteiger partial charge in [-0.15, -0.1) is 54.1 Å². The summed E-state index contributed by atoms with van der Waals surface area (Å²) in [5, 5.41) is 3.48. The van der Waals surface area contributed by atoms with E-state index in [9.17, 15) is 0 Å². The molecular weight excluding hydrogens is 747 g/mol. The zero-order chi connectivity index (χ0) is 30.7. The summed E-state index contributed by atoms with van der Waals surface area (Å²) in [6.45, 7) is 11.4. The van der Waals surface area contributed by atoms with Crippen LogP contribution in [0.3, 0.4) is 0 Å². The van der Waals surface area contributed by atoms with Crippen LogP contribution in [0.25, 0.3) is 55.7 Å². The summed E-state index contributed by atoms with van der Waals surface area (Å²) < 4.78 is 6.52. The molecule has 0 bridgehead atoms. The number of furan rings is 1. The molecule has 3 heterocycles. The number of aromatic nitrogens is 3. The predicted molar refractivity (Wildman–Crippen MR) is 185 cm³/mol. The molecular formula is C39H35IrN3OSi-2. The molecule has 7 rings (SSSR count). The molecule has 0 aliphatic carbocycles. The van der Waals surface area contributed by atoms with E-state index in [0.29, 0.717) is 11.7 Å². The second-order valence-electron chi connectivity index (χ2n) is 12.1. The van der Waals surface area contributed by atoms with Crippen molar-refractivity contribution in [1.29, 1.82) is 0 Å². The number of rotatable bonds is 5. The molecule has 0 fully saturated rings. The van der Waals surface area contributed by atoms with Gasteiger partial charge in [-0.1, -0.05) is 105 Å². The molecule has 1 radical (unpaired) electrons. The summed E-state index contributed by atoms with van der Waals surface area (Å²) in [5.41, 5.74) is 7.88. The van der Waals surface area contributed by atoms with Crippen LogP contribution in [0.2, 0.25) is 19.6 Å². The van der Waals surface area contributed by atoms with E-state index in [-0.39, 0.29) is 20.1 Å². The van der Waals surface area contributed by atoms with Crippen molar-refractivity contribution in [2.75, 3.05) is 0 Å². The molecule has 6 heteroatoms. The van der Waals surface area contributed by atoms with Gasteiger partial charge in [-0.2, -0.15) is 0 Å². The molecule has 0 atom stereocenters. The van der Waals surface area contributed by atoms with Gasteiger partial charge >= 0.3 is 0 Å². The number of hydrogen-bond donors (Lipinski definition) is 0. The number of nitrogens with zero attached hydrogens (tertiary/aromatic N) is 3. The first-order valence-corrected chi connectivity index (χ1v) is 18.5. The van der Waals surface area contributed by atoms with Gasteiger partial charge in [0.15, 0.2) is 0 Å². The molecule has 0 unspecified atom stereocenters. The molecule has 0 saturated heterocycles. The van der Waals surface area contributed by atoms with Gasteiger partial charge in [-0.25, -0.2) is 0 Å². The van der Waals surface area contributed by atoms with Crippen LogP contribution in [0.1, 0.15) is 25.5 Å². The minimum Gasteiger partial charge on any atom is -0.500 e. The average molecular weight is 782 g/mol. The fourth-order valence-corrected chi connectivity index (χ4v) is 6.95. The second-order valence-corrected chi connectivity index (χ2v) is 17.2. The van der Waals surface area contributed by atoms with Crippen LogP contribution in [0.4, 0.5) is 0 Å². The predicted octanol–water partition coefficient (Wildman–Crippen LogP) is 9.73. The molecule has 0 aliphatic heterocycles. The van der Waals surface area contributed by atoms with Crippen molar-refractivity contribution < 1.29 is 24.5 Å². The smallest absolute Gasteiger partial charge is 0.128 e. The molecule has 0 amide bonds. The molecule has 45 heavy (non-hydrogen) atoms. The van der Waals surface area contributed by atoms with E-state index in [2.05, 4.69) is 99.1 Å². The maximum atomic E-state index is 6.52. The van der Waals surface area contributed by atoms with Crippen LogP contribution in [0.15, 0.2) is 120 Å². The van der Waals surface area contributed by atoms with Crippen molar-refractivity contribution in [2.24, 2.45) is 0 Å². The SMILES string of the molecule is CC(C)c1nc(-c2[c-]ccc3c2oc2c(-c4ccccc4)cccc23)ncc1[Si](C)(C)C.[Ir].[c-]1ccccc1-c1ccccn1. The van der Waals surface area contributed by atoms with Crippen molar-refractivity contribution in [2.45, 2.75) is 39.4 Å². The summed E-state index contributed by atoms with van der Waals surface area (Å²) in [6.07, 6.45) is 3.82. The van der Waals surface area contributed by atoms with Crippen LogP contribution >= 0.6 is 0 Å². The third-order valence-corrected chi connectivity index (χ3v) is 9.59. The summed E-state index contributed by atoms with van der Waals surface area (Å²) in [7, 11) is -1.55. The largest absolute Gasteiger partial charge is 0.500 e. The molecule has 4 nitrogen and oxygen atoms in total. The standard InChI is InChI=1S/C28H27N2OSi.C11H8N.Ir/c1-18(2)25-24(32(3,4)5)17-29-28(30-25)23-16-10-15-22-21-14-9-13-20(26(21)31-27(22)23)19-11-7-6-8-12-19;1-2-6-10(7-3-1)11-8-4-5-9-12-11;/h6-15,17-18H,1-5H3;1-6,8-9H;/q2*-1;. The van der Waals surface area contributed by atoms with Crippen molar-refractivity contribution in [3.05, 3.63) is 133 Å². The first-order chi connectivity index (χ1) is 21.3. The van der Waals surface area contributed by atoms with Gasteiger partial charge in [0.05, 0.1) is 19.5 Å². The third kappa shape index (κ3) is 6.89. The zero-order valence-corrected chi connectivity index (χ0v) is 29.5. The Morgan fingerprint density at radius 2 is 1.47 bits per heavy atom. The molecule has 7 aromatic rings. The molecule has 0 N–H and O–H groups in total. The van der Waals surface area contributed by atoms with Crippen LogP contribution in [0.5, 0.6) is 0 Å². The Morgan fingerprint density at radius 3 is 2.16 bits per heavy atom. The Hall–Kier alpha value is -4.22. The first-order valence-electron chi connectivity index (χ1n) is 15.0. The van der Waals surface area contributed by atoms with E-state index in [0.717, 1.165) is 55.6 Å². The van der Waals surface area contributed by atoms with E-state index >= 15 is 0 Å². The van der Waals surface area contributed by atoms with Crippen molar-refractivity contribution in [3.8, 4) is 33.8 Å². The normalized spacial score (nSPS) is 11.2. The number of para-hydroxylation sites is 1. The monoisotopic (exact) mass is 782 g/mol. The van der Waals surface area contributed by atoms with Gasteiger partial charge in [0, 0.05) is 49.1 Å². The molecule has 0 spiro atoms. The maximum absolute atomic E-state index is 6.52. The maximum Gasteiger partial charge on any atom is 0.128 e. The summed E-state index contributed by atoms with van der Waals surface area (Å²) in [4.78, 5) is 14.1. The van der Waals surface area contributed by atoms with E-state index < -0.39 is 8.07 Å². The Kier molecular flexibility index (Phi) is 9.88. The van der Waals surface area contributed by atoms with Gasteiger partial charge in [-0.05, 0) is 28.4 Å². The van der Waals surface area contributed by atoms with Crippen molar-refractivity contribution in [3.63, 3.8) is 0 Å². The van der Waals surface area contributed by atoms with Crippen LogP contribution in [0, 0.1) is 12.1 Å². The van der Waals surface area contributed by atoms with E-state index in [1.807, 2.05) is 60.8 Å². The Bertz CT molecular complexity index is 1980. The minimum atomic E-state index is -1.55. The van der Waals surface area contributed by atoms with E-state index in [1.54, 1.807) is 6.20 Å². The van der Waals surface area contributed by atoms with Gasteiger partial charge in [0.25, 0.3) is 0 Å². The summed E-state index contributed by atoms with van der Waals surface area (Å²) >= 11 is 0. The first kappa shape index (κ1) is 32.2. The fourth-order valence-electron chi connectivity index (χ4n) is 5.38. The van der Waals surface area contributed by atoms with Gasteiger partial charge < -0.3 is 9.40 Å². The topological polar surface area (TPSA) is 51.8 Å². The van der Waals surface area contributed by atoms with Crippen LogP contribution < -0.4 is 5.19 Å².